The largest absolute Gasteiger partial charge is 0.452 e. The second-order valence-electron chi connectivity index (χ2n) is 6.86. The summed E-state index contributed by atoms with van der Waals surface area (Å²) in [5.74, 6) is -1.55. The number of carbonyl (C=O) groups excluding carboxylic acids is 2. The van der Waals surface area contributed by atoms with E-state index in [1.165, 1.54) is 19.1 Å². The Morgan fingerprint density at radius 3 is 2.50 bits per heavy atom. The minimum atomic E-state index is -4.22. The van der Waals surface area contributed by atoms with Gasteiger partial charge < -0.3 is 10.1 Å². The first-order chi connectivity index (χ1) is 14.9. The molecule has 0 fully saturated rings. The molecule has 2 rings (SSSR count). The summed E-state index contributed by atoms with van der Waals surface area (Å²) in [5, 5.41) is 13.8. The van der Waals surface area contributed by atoms with Crippen molar-refractivity contribution in [1.82, 2.24) is 4.72 Å². The molecule has 2 aromatic carbocycles. The van der Waals surface area contributed by atoms with Crippen LogP contribution in [0.15, 0.2) is 46.2 Å². The highest BCUT2D eigenvalue weighted by Gasteiger charge is 2.23. The number of hydrogen-bond acceptors (Lipinski definition) is 8. The summed E-state index contributed by atoms with van der Waals surface area (Å²) in [6.45, 7) is 4.29. The number of ether oxygens (including phenoxy) is 1. The number of amides is 1. The van der Waals surface area contributed by atoms with Crippen molar-refractivity contribution >= 4 is 45.0 Å². The van der Waals surface area contributed by atoms with Gasteiger partial charge in [0.2, 0.25) is 10.0 Å². The number of benzene rings is 2. The van der Waals surface area contributed by atoms with Gasteiger partial charge in [0, 0.05) is 11.8 Å². The lowest BCUT2D eigenvalue weighted by Crippen LogP contribution is -2.36. The van der Waals surface area contributed by atoms with E-state index < -0.39 is 39.5 Å². The minimum absolute atomic E-state index is 0.303. The maximum Gasteiger partial charge on any atom is 0.321 e. The summed E-state index contributed by atoms with van der Waals surface area (Å²) in [5.41, 5.74) is 1.99. The van der Waals surface area contributed by atoms with Crippen LogP contribution in [0.3, 0.4) is 0 Å². The van der Waals surface area contributed by atoms with E-state index >= 15 is 0 Å². The maximum atomic E-state index is 12.4. The van der Waals surface area contributed by atoms with Gasteiger partial charge in [-0.1, -0.05) is 12.1 Å². The van der Waals surface area contributed by atoms with E-state index in [1.54, 1.807) is 12.3 Å². The van der Waals surface area contributed by atoms with Gasteiger partial charge in [-0.2, -0.15) is 4.72 Å². The molecule has 0 heterocycles. The molecular formula is C20H23N3O7S2. The Hall–Kier alpha value is -2.96. The van der Waals surface area contributed by atoms with Crippen molar-refractivity contribution in [3.8, 4) is 0 Å². The zero-order chi connectivity index (χ0) is 24.1. The first kappa shape index (κ1) is 25.3. The Kier molecular flexibility index (Phi) is 8.36. The van der Waals surface area contributed by atoms with Gasteiger partial charge in [0.05, 0.1) is 14.7 Å². The number of nitro groups is 1. The number of aryl methyl sites for hydroxylation is 2. The molecule has 0 spiro atoms. The smallest absolute Gasteiger partial charge is 0.321 e. The summed E-state index contributed by atoms with van der Waals surface area (Å²) in [4.78, 5) is 34.7. The Balaban J connectivity index is 1.99. The number of thioether (sulfide) groups is 1. The molecule has 0 aromatic heterocycles. The van der Waals surface area contributed by atoms with Crippen LogP contribution < -0.4 is 10.0 Å². The van der Waals surface area contributed by atoms with Gasteiger partial charge in [-0.05, 0) is 56.4 Å². The van der Waals surface area contributed by atoms with Gasteiger partial charge in [-0.3, -0.25) is 19.7 Å². The molecular weight excluding hydrogens is 458 g/mol. The lowest BCUT2D eigenvalue weighted by Gasteiger charge is -2.15. The molecule has 0 aliphatic heterocycles. The number of rotatable bonds is 9. The number of esters is 1. The van der Waals surface area contributed by atoms with Gasteiger partial charge in [0.15, 0.2) is 6.10 Å². The van der Waals surface area contributed by atoms with E-state index in [2.05, 4.69) is 5.32 Å². The second kappa shape index (κ2) is 10.6. The summed E-state index contributed by atoms with van der Waals surface area (Å²) >= 11 is 1.10. The average molecular weight is 482 g/mol. The van der Waals surface area contributed by atoms with E-state index in [0.29, 0.717) is 10.6 Å². The molecule has 1 unspecified atom stereocenters. The van der Waals surface area contributed by atoms with Crippen molar-refractivity contribution in [2.24, 2.45) is 0 Å². The molecule has 10 nitrogen and oxygen atoms in total. The van der Waals surface area contributed by atoms with Crippen LogP contribution in [0, 0.1) is 24.0 Å². The minimum Gasteiger partial charge on any atom is -0.452 e. The summed E-state index contributed by atoms with van der Waals surface area (Å²) in [7, 11) is -4.22. The van der Waals surface area contributed by atoms with Crippen molar-refractivity contribution in [3.05, 3.63) is 57.6 Å². The summed E-state index contributed by atoms with van der Waals surface area (Å²) in [6.07, 6.45) is 0.455. The zero-order valence-electron chi connectivity index (χ0n) is 17.9. The number of nitrogens with one attached hydrogen (secondary N) is 2. The van der Waals surface area contributed by atoms with Crippen LogP contribution in [0.25, 0.3) is 0 Å². The Morgan fingerprint density at radius 1 is 1.19 bits per heavy atom. The first-order valence-electron chi connectivity index (χ1n) is 9.34. The number of carbonyl (C=O) groups is 2. The van der Waals surface area contributed by atoms with Crippen molar-refractivity contribution in [1.29, 1.82) is 0 Å². The average Bonchev–Trinajstić information content (AvgIpc) is 2.74. The lowest BCUT2D eigenvalue weighted by atomic mass is 10.1. The van der Waals surface area contributed by atoms with Crippen molar-refractivity contribution in [2.75, 3.05) is 18.1 Å². The van der Waals surface area contributed by atoms with Crippen LogP contribution in [0.5, 0.6) is 0 Å². The highest BCUT2D eigenvalue weighted by Crippen LogP contribution is 2.29. The maximum absolute atomic E-state index is 12.4. The third-order valence-electron chi connectivity index (χ3n) is 4.39. The van der Waals surface area contributed by atoms with Crippen molar-refractivity contribution < 1.29 is 27.7 Å². The first-order valence-corrected chi connectivity index (χ1v) is 12.0. The van der Waals surface area contributed by atoms with Crippen LogP contribution in [0.1, 0.15) is 18.1 Å². The lowest BCUT2D eigenvalue weighted by molar-refractivity contribution is -0.388. The van der Waals surface area contributed by atoms with Crippen LogP contribution in [-0.4, -0.2) is 44.1 Å². The molecule has 2 N–H and O–H groups in total. The normalized spacial score (nSPS) is 12.1. The quantitative estimate of drug-likeness (QED) is 0.241. The van der Waals surface area contributed by atoms with E-state index in [9.17, 15) is 28.1 Å². The van der Waals surface area contributed by atoms with Gasteiger partial charge in [-0.15, -0.1) is 11.8 Å². The molecule has 0 aliphatic carbocycles. The molecule has 12 heteroatoms. The SMILES string of the molecule is CSc1ccc(S(=O)(=O)NCC(=O)OC(C)C(=O)Nc2cc(C)ccc2C)cc1[N+](=O)[O-]. The molecule has 0 aliphatic rings. The molecule has 1 amide bonds. The molecule has 0 radical (unpaired) electrons. The molecule has 172 valence electrons. The third kappa shape index (κ3) is 6.52. The molecule has 0 saturated carbocycles. The third-order valence-corrected chi connectivity index (χ3v) is 6.58. The summed E-state index contributed by atoms with van der Waals surface area (Å²) < 4.78 is 31.8. The molecule has 32 heavy (non-hydrogen) atoms. The van der Waals surface area contributed by atoms with Gasteiger partial charge >= 0.3 is 5.97 Å². The fourth-order valence-electron chi connectivity index (χ4n) is 2.61. The fraction of sp³-hybridized carbons (Fsp3) is 0.300. The van der Waals surface area contributed by atoms with Crippen molar-refractivity contribution in [3.63, 3.8) is 0 Å². The molecule has 0 bridgehead atoms. The highest BCUT2D eigenvalue weighted by atomic mass is 32.2. The Labute approximate surface area is 189 Å². The topological polar surface area (TPSA) is 145 Å². The van der Waals surface area contributed by atoms with Crippen LogP contribution >= 0.6 is 11.8 Å². The predicted molar refractivity (Wildman–Crippen MR) is 120 cm³/mol. The number of nitrogens with zero attached hydrogens (tertiary/aromatic N) is 1. The van der Waals surface area contributed by atoms with E-state index in [0.717, 1.165) is 29.0 Å². The van der Waals surface area contributed by atoms with E-state index in [-0.39, 0.29) is 10.6 Å². The number of hydrogen-bond donors (Lipinski definition) is 2. The number of anilines is 1. The zero-order valence-corrected chi connectivity index (χ0v) is 19.5. The molecule has 1 atom stereocenters. The Morgan fingerprint density at radius 2 is 1.88 bits per heavy atom. The summed E-state index contributed by atoms with van der Waals surface area (Å²) in [6, 6.07) is 8.94. The number of nitro benzene ring substituents is 1. The molecule has 2 aromatic rings. The van der Waals surface area contributed by atoms with E-state index in [4.69, 9.17) is 4.74 Å². The van der Waals surface area contributed by atoms with Gasteiger partial charge in [-0.25, -0.2) is 8.42 Å². The van der Waals surface area contributed by atoms with Crippen LogP contribution in [-0.2, 0) is 24.3 Å². The van der Waals surface area contributed by atoms with Gasteiger partial charge in [0.1, 0.15) is 6.54 Å². The molecule has 0 saturated heterocycles. The predicted octanol–water partition coefficient (Wildman–Crippen LogP) is 2.78. The highest BCUT2D eigenvalue weighted by molar-refractivity contribution is 7.98. The van der Waals surface area contributed by atoms with Crippen molar-refractivity contribution in [2.45, 2.75) is 36.7 Å². The second-order valence-corrected chi connectivity index (χ2v) is 9.47. The number of sulfonamides is 1. The Bertz CT molecular complexity index is 1150. The monoisotopic (exact) mass is 481 g/mol. The van der Waals surface area contributed by atoms with Gasteiger partial charge in [0.25, 0.3) is 11.6 Å². The standard InChI is InChI=1S/C20H23N3O7S2/c1-12-5-6-13(2)16(9-12)22-20(25)14(3)30-19(24)11-21-32(28,29)15-7-8-18(31-4)17(10-15)23(26)27/h5-10,14,21H,11H2,1-4H3,(H,22,25). The fourth-order valence-corrected chi connectivity index (χ4v) is 4.15. The van der Waals surface area contributed by atoms with Crippen LogP contribution in [0.2, 0.25) is 0 Å². The van der Waals surface area contributed by atoms with Crippen LogP contribution in [0.4, 0.5) is 11.4 Å². The van der Waals surface area contributed by atoms with E-state index in [1.807, 2.05) is 30.7 Å².